The number of hydrogen-bond acceptors (Lipinski definition) is 4. The van der Waals surface area contributed by atoms with E-state index in [-0.39, 0.29) is 5.92 Å². The van der Waals surface area contributed by atoms with E-state index in [1.807, 2.05) is 18.2 Å². The first kappa shape index (κ1) is 23.0. The van der Waals surface area contributed by atoms with Gasteiger partial charge in [0.25, 0.3) is 0 Å². The lowest BCUT2D eigenvalue weighted by molar-refractivity contribution is 0.0875. The predicted octanol–water partition coefficient (Wildman–Crippen LogP) is 6.00. The van der Waals surface area contributed by atoms with Crippen LogP contribution in [-0.4, -0.2) is 31.3 Å². The fourth-order valence-electron chi connectivity index (χ4n) is 4.00. The van der Waals surface area contributed by atoms with Crippen molar-refractivity contribution < 1.29 is 9.47 Å². The van der Waals surface area contributed by atoms with Crippen molar-refractivity contribution in [1.82, 2.24) is 9.55 Å². The predicted molar refractivity (Wildman–Crippen MR) is 129 cm³/mol. The van der Waals surface area contributed by atoms with Gasteiger partial charge in [-0.1, -0.05) is 32.6 Å². The quantitative estimate of drug-likeness (QED) is 0.322. The van der Waals surface area contributed by atoms with Crippen LogP contribution in [0.3, 0.4) is 0 Å². The van der Waals surface area contributed by atoms with Gasteiger partial charge in [-0.05, 0) is 55.3 Å². The highest BCUT2D eigenvalue weighted by atomic mass is 28.3. The third kappa shape index (κ3) is 5.17. The molecule has 0 radical (unpaired) electrons. The first-order valence-electron chi connectivity index (χ1n) is 10.8. The number of benzene rings is 2. The Labute approximate surface area is 186 Å². The van der Waals surface area contributed by atoms with Gasteiger partial charge in [0.15, 0.2) is 0 Å². The lowest BCUT2D eigenvalue weighted by Crippen LogP contribution is -2.22. The Bertz CT molecular complexity index is 1120. The molecular formula is C25H33N3O2Si. The fourth-order valence-corrected chi connectivity index (χ4v) is 4.76. The molecule has 0 spiro atoms. The maximum atomic E-state index is 9.39. The number of rotatable bonds is 8. The summed E-state index contributed by atoms with van der Waals surface area (Å²) < 4.78 is 14.0. The molecule has 0 saturated carbocycles. The van der Waals surface area contributed by atoms with Gasteiger partial charge in [-0.15, -0.1) is 0 Å². The number of ether oxygens (including phenoxy) is 2. The molecule has 0 aliphatic rings. The Morgan fingerprint density at radius 2 is 1.90 bits per heavy atom. The standard InChI is InChI=1S/C25H33N3O2Si/c1-17-12-18(2)24(23(13-17)29-4)19(3)25-27-21-9-8-20(15-26)14-22(21)28(25)16-30-10-11-31(5,6)7/h8-9,12-14,19H,10-11,16H2,1-7H3. The Balaban J connectivity index is 2.06. The fraction of sp³-hybridized carbons (Fsp3) is 0.440. The summed E-state index contributed by atoms with van der Waals surface area (Å²) in [7, 11) is 0.544. The van der Waals surface area contributed by atoms with Gasteiger partial charge in [0, 0.05) is 26.2 Å². The summed E-state index contributed by atoms with van der Waals surface area (Å²) >= 11 is 0. The van der Waals surface area contributed by atoms with Crippen LogP contribution in [0.15, 0.2) is 30.3 Å². The molecule has 0 saturated heterocycles. The SMILES string of the molecule is COc1cc(C)cc(C)c1C(C)c1nc2ccc(C#N)cc2n1COCC[Si](C)(C)C. The van der Waals surface area contributed by atoms with Gasteiger partial charge < -0.3 is 14.0 Å². The van der Waals surface area contributed by atoms with E-state index in [0.29, 0.717) is 12.3 Å². The molecule has 3 rings (SSSR count). The molecule has 0 aliphatic heterocycles. The van der Waals surface area contributed by atoms with E-state index < -0.39 is 8.07 Å². The zero-order valence-corrected chi connectivity index (χ0v) is 20.7. The number of nitrogens with zero attached hydrogens (tertiary/aromatic N) is 3. The molecular weight excluding hydrogens is 402 g/mol. The minimum Gasteiger partial charge on any atom is -0.496 e. The lowest BCUT2D eigenvalue weighted by atomic mass is 9.93. The molecule has 5 nitrogen and oxygen atoms in total. The summed E-state index contributed by atoms with van der Waals surface area (Å²) in [5.74, 6) is 1.80. The number of imidazole rings is 1. The number of aromatic nitrogens is 2. The van der Waals surface area contributed by atoms with Crippen molar-refractivity contribution in [2.75, 3.05) is 13.7 Å². The second-order valence-corrected chi connectivity index (χ2v) is 15.1. The van der Waals surface area contributed by atoms with Crippen molar-refractivity contribution in [2.45, 2.75) is 59.1 Å². The summed E-state index contributed by atoms with van der Waals surface area (Å²) in [6.45, 7) is 14.6. The third-order valence-corrected chi connectivity index (χ3v) is 7.36. The number of fused-ring (bicyclic) bond motifs is 1. The Kier molecular flexibility index (Phi) is 6.88. The molecule has 6 heteroatoms. The Morgan fingerprint density at radius 3 is 2.55 bits per heavy atom. The van der Waals surface area contributed by atoms with Crippen LogP contribution >= 0.6 is 0 Å². The molecule has 31 heavy (non-hydrogen) atoms. The van der Waals surface area contributed by atoms with Crippen LogP contribution in [0.25, 0.3) is 11.0 Å². The first-order chi connectivity index (χ1) is 14.6. The average Bonchev–Trinajstić information content (AvgIpc) is 3.07. The number of methoxy groups -OCH3 is 1. The van der Waals surface area contributed by atoms with E-state index in [1.165, 1.54) is 11.1 Å². The van der Waals surface area contributed by atoms with E-state index in [4.69, 9.17) is 14.5 Å². The topological polar surface area (TPSA) is 60.1 Å². The van der Waals surface area contributed by atoms with E-state index in [1.54, 1.807) is 7.11 Å². The molecule has 3 aromatic rings. The van der Waals surface area contributed by atoms with Crippen molar-refractivity contribution in [3.8, 4) is 11.8 Å². The summed E-state index contributed by atoms with van der Waals surface area (Å²) in [5.41, 5.74) is 5.91. The number of hydrogen-bond donors (Lipinski definition) is 0. The van der Waals surface area contributed by atoms with Crippen LogP contribution in [0.2, 0.25) is 25.7 Å². The van der Waals surface area contributed by atoms with Crippen LogP contribution in [0.5, 0.6) is 5.75 Å². The van der Waals surface area contributed by atoms with Crippen molar-refractivity contribution in [3.63, 3.8) is 0 Å². The third-order valence-electron chi connectivity index (χ3n) is 5.66. The Morgan fingerprint density at radius 1 is 1.16 bits per heavy atom. The minimum absolute atomic E-state index is 0.00840. The lowest BCUT2D eigenvalue weighted by Gasteiger charge is -2.21. The molecule has 0 amide bonds. The normalized spacial score (nSPS) is 12.7. The summed E-state index contributed by atoms with van der Waals surface area (Å²) in [5, 5.41) is 9.39. The molecule has 0 N–H and O–H groups in total. The van der Waals surface area contributed by atoms with Crippen molar-refractivity contribution in [1.29, 1.82) is 5.26 Å². The smallest absolute Gasteiger partial charge is 0.124 e. The summed E-state index contributed by atoms with van der Waals surface area (Å²) in [4.78, 5) is 4.96. The minimum atomic E-state index is -1.17. The maximum Gasteiger partial charge on any atom is 0.124 e. The molecule has 1 unspecified atom stereocenters. The molecule has 0 fully saturated rings. The molecule has 1 aromatic heterocycles. The van der Waals surface area contributed by atoms with Gasteiger partial charge in [-0.2, -0.15) is 5.26 Å². The molecule has 2 aromatic carbocycles. The molecule has 1 heterocycles. The highest BCUT2D eigenvalue weighted by Gasteiger charge is 2.23. The second-order valence-electron chi connectivity index (χ2n) is 9.48. The zero-order chi connectivity index (χ0) is 22.8. The van der Waals surface area contributed by atoms with E-state index in [9.17, 15) is 5.26 Å². The van der Waals surface area contributed by atoms with Gasteiger partial charge in [0.1, 0.15) is 18.3 Å². The van der Waals surface area contributed by atoms with Crippen LogP contribution in [0, 0.1) is 25.2 Å². The van der Waals surface area contributed by atoms with Crippen molar-refractivity contribution in [2.24, 2.45) is 0 Å². The van der Waals surface area contributed by atoms with E-state index in [2.05, 4.69) is 63.2 Å². The van der Waals surface area contributed by atoms with E-state index in [0.717, 1.165) is 40.8 Å². The van der Waals surface area contributed by atoms with Gasteiger partial charge in [0.05, 0.1) is 29.8 Å². The van der Waals surface area contributed by atoms with Crippen LogP contribution in [-0.2, 0) is 11.5 Å². The van der Waals surface area contributed by atoms with Crippen molar-refractivity contribution in [3.05, 3.63) is 58.4 Å². The molecule has 164 valence electrons. The number of aryl methyl sites for hydroxylation is 2. The zero-order valence-electron chi connectivity index (χ0n) is 19.7. The maximum absolute atomic E-state index is 9.39. The van der Waals surface area contributed by atoms with Gasteiger partial charge in [-0.3, -0.25) is 0 Å². The highest BCUT2D eigenvalue weighted by molar-refractivity contribution is 6.76. The molecule has 0 bridgehead atoms. The summed E-state index contributed by atoms with van der Waals surface area (Å²) in [6, 6.07) is 13.2. The highest BCUT2D eigenvalue weighted by Crippen LogP contribution is 2.36. The first-order valence-corrected chi connectivity index (χ1v) is 14.5. The van der Waals surface area contributed by atoms with Crippen LogP contribution in [0.4, 0.5) is 0 Å². The summed E-state index contributed by atoms with van der Waals surface area (Å²) in [6.07, 6.45) is 0. The average molecular weight is 436 g/mol. The molecule has 0 aliphatic carbocycles. The largest absolute Gasteiger partial charge is 0.496 e. The molecule has 1 atom stereocenters. The van der Waals surface area contributed by atoms with E-state index >= 15 is 0 Å². The number of nitriles is 1. The van der Waals surface area contributed by atoms with Crippen LogP contribution < -0.4 is 4.74 Å². The van der Waals surface area contributed by atoms with Gasteiger partial charge >= 0.3 is 0 Å². The Hall–Kier alpha value is -2.62. The van der Waals surface area contributed by atoms with Crippen molar-refractivity contribution >= 4 is 19.1 Å². The van der Waals surface area contributed by atoms with Crippen LogP contribution in [0.1, 0.15) is 40.9 Å². The van der Waals surface area contributed by atoms with Gasteiger partial charge in [0.2, 0.25) is 0 Å². The van der Waals surface area contributed by atoms with Gasteiger partial charge in [-0.25, -0.2) is 4.98 Å². The monoisotopic (exact) mass is 435 g/mol. The second kappa shape index (κ2) is 9.25.